The Hall–Kier alpha value is -0.420. The van der Waals surface area contributed by atoms with Crippen molar-refractivity contribution in [3.05, 3.63) is 0 Å². The molecule has 1 fully saturated rings. The molecular formula is C12H23NO3S. The van der Waals surface area contributed by atoms with E-state index in [0.717, 1.165) is 18.6 Å². The summed E-state index contributed by atoms with van der Waals surface area (Å²) in [7, 11) is 0. The highest BCUT2D eigenvalue weighted by Crippen LogP contribution is 2.38. The number of carbonyl (C=O) groups is 1. The molecule has 0 aromatic rings. The lowest BCUT2D eigenvalue weighted by Gasteiger charge is -2.33. The van der Waals surface area contributed by atoms with Gasteiger partial charge in [0.1, 0.15) is 17.8 Å². The fourth-order valence-electron chi connectivity index (χ4n) is 1.93. The molecule has 1 rings (SSSR count). The van der Waals surface area contributed by atoms with Crippen LogP contribution >= 0.6 is 12.2 Å². The van der Waals surface area contributed by atoms with E-state index >= 15 is 0 Å². The Balaban J connectivity index is 2.72. The normalized spacial score (nSPS) is 25.5. The van der Waals surface area contributed by atoms with Crippen LogP contribution in [0.2, 0.25) is 0 Å². The summed E-state index contributed by atoms with van der Waals surface area (Å²) in [4.78, 5) is 12.1. The lowest BCUT2D eigenvalue weighted by atomic mass is 9.92. The van der Waals surface area contributed by atoms with Gasteiger partial charge >= 0.3 is 6.09 Å². The molecular weight excluding hydrogens is 238 g/mol. The van der Waals surface area contributed by atoms with Gasteiger partial charge in [-0.3, -0.25) is 4.18 Å². The third-order valence-corrected chi connectivity index (χ3v) is 3.36. The minimum Gasteiger partial charge on any atom is -0.443 e. The van der Waals surface area contributed by atoms with Crippen LogP contribution < -0.4 is 0 Å². The second-order valence-electron chi connectivity index (χ2n) is 6.21. The number of amides is 1. The Bertz CT molecular complexity index is 288. The van der Waals surface area contributed by atoms with Crippen molar-refractivity contribution in [3.63, 3.8) is 0 Å². The maximum absolute atomic E-state index is 12.1. The van der Waals surface area contributed by atoms with Crippen LogP contribution in [0.4, 0.5) is 4.79 Å². The van der Waals surface area contributed by atoms with Crippen molar-refractivity contribution in [1.29, 1.82) is 0 Å². The van der Waals surface area contributed by atoms with Gasteiger partial charge in [-0.25, -0.2) is 9.10 Å². The van der Waals surface area contributed by atoms with Crippen molar-refractivity contribution in [2.75, 3.05) is 6.61 Å². The molecule has 0 aromatic heterocycles. The highest BCUT2D eigenvalue weighted by atomic mass is 32.2. The molecule has 1 heterocycles. The standard InChI is InChI=1S/C12H23NO3S/c1-9(2)7-12(6)8-15-17-13(12)10(14)16-11(3,4)5/h9H,7-8H2,1-6H3. The summed E-state index contributed by atoms with van der Waals surface area (Å²) < 4.78 is 12.4. The first-order valence-electron chi connectivity index (χ1n) is 5.97. The van der Waals surface area contributed by atoms with Gasteiger partial charge in [-0.15, -0.1) is 0 Å². The van der Waals surface area contributed by atoms with E-state index in [1.807, 2.05) is 27.7 Å². The van der Waals surface area contributed by atoms with Gasteiger partial charge in [-0.2, -0.15) is 0 Å². The highest BCUT2D eigenvalue weighted by molar-refractivity contribution is 7.93. The van der Waals surface area contributed by atoms with Crippen molar-refractivity contribution < 1.29 is 13.7 Å². The van der Waals surface area contributed by atoms with E-state index in [1.54, 1.807) is 4.31 Å². The zero-order valence-electron chi connectivity index (χ0n) is 11.6. The second kappa shape index (κ2) is 5.06. The molecule has 1 aliphatic rings. The summed E-state index contributed by atoms with van der Waals surface area (Å²) >= 11 is 1.10. The molecule has 1 amide bonds. The maximum Gasteiger partial charge on any atom is 0.422 e. The molecule has 1 atom stereocenters. The van der Waals surface area contributed by atoms with Crippen LogP contribution in [-0.2, 0) is 8.92 Å². The molecule has 1 saturated heterocycles. The van der Waals surface area contributed by atoms with Crippen LogP contribution in [0.15, 0.2) is 0 Å². The van der Waals surface area contributed by atoms with Gasteiger partial charge in [0.15, 0.2) is 0 Å². The molecule has 4 nitrogen and oxygen atoms in total. The highest BCUT2D eigenvalue weighted by Gasteiger charge is 2.44. The largest absolute Gasteiger partial charge is 0.443 e. The van der Waals surface area contributed by atoms with Gasteiger partial charge in [0, 0.05) is 0 Å². The smallest absolute Gasteiger partial charge is 0.422 e. The van der Waals surface area contributed by atoms with E-state index in [-0.39, 0.29) is 11.6 Å². The van der Waals surface area contributed by atoms with Gasteiger partial charge in [0.2, 0.25) is 0 Å². The van der Waals surface area contributed by atoms with E-state index < -0.39 is 5.60 Å². The van der Waals surface area contributed by atoms with E-state index in [4.69, 9.17) is 8.92 Å². The number of hydrogen-bond donors (Lipinski definition) is 0. The molecule has 0 N–H and O–H groups in total. The first-order valence-corrected chi connectivity index (χ1v) is 6.67. The summed E-state index contributed by atoms with van der Waals surface area (Å²) in [5.41, 5.74) is -0.750. The fourth-order valence-corrected chi connectivity index (χ4v) is 2.75. The van der Waals surface area contributed by atoms with Gasteiger partial charge in [-0.05, 0) is 40.0 Å². The second-order valence-corrected chi connectivity index (χ2v) is 6.96. The molecule has 1 aliphatic heterocycles. The Morgan fingerprint density at radius 3 is 2.59 bits per heavy atom. The number of hydrogen-bond acceptors (Lipinski definition) is 4. The van der Waals surface area contributed by atoms with Gasteiger partial charge in [-0.1, -0.05) is 13.8 Å². The fraction of sp³-hybridized carbons (Fsp3) is 0.917. The molecule has 0 aromatic carbocycles. The molecule has 0 radical (unpaired) electrons. The van der Waals surface area contributed by atoms with Crippen molar-refractivity contribution in [2.24, 2.45) is 5.92 Å². The molecule has 17 heavy (non-hydrogen) atoms. The van der Waals surface area contributed by atoms with Gasteiger partial charge < -0.3 is 4.74 Å². The quantitative estimate of drug-likeness (QED) is 0.562. The first kappa shape index (κ1) is 14.6. The Kier molecular flexibility index (Phi) is 4.36. The molecule has 100 valence electrons. The van der Waals surface area contributed by atoms with Crippen LogP contribution in [0.25, 0.3) is 0 Å². The number of nitrogens with zero attached hydrogens (tertiary/aromatic N) is 1. The van der Waals surface area contributed by atoms with Crippen LogP contribution in [-0.4, -0.2) is 28.1 Å². The summed E-state index contributed by atoms with van der Waals surface area (Å²) in [6.07, 6.45) is 0.585. The molecule has 0 aliphatic carbocycles. The summed E-state index contributed by atoms with van der Waals surface area (Å²) in [6, 6.07) is 0. The lowest BCUT2D eigenvalue weighted by Crippen LogP contribution is -2.46. The molecule has 0 saturated carbocycles. The number of rotatable bonds is 2. The monoisotopic (exact) mass is 261 g/mol. The minimum atomic E-state index is -0.473. The molecule has 0 bridgehead atoms. The van der Waals surface area contributed by atoms with Crippen molar-refractivity contribution in [2.45, 2.75) is 59.1 Å². The Morgan fingerprint density at radius 2 is 2.12 bits per heavy atom. The average molecular weight is 261 g/mol. The summed E-state index contributed by atoms with van der Waals surface area (Å²) in [5, 5.41) is 0. The first-order chi connectivity index (χ1) is 7.64. The van der Waals surface area contributed by atoms with Crippen molar-refractivity contribution in [1.82, 2.24) is 4.31 Å². The summed E-state index contributed by atoms with van der Waals surface area (Å²) in [5.74, 6) is 0.507. The van der Waals surface area contributed by atoms with E-state index in [0.29, 0.717) is 12.5 Å². The number of carbonyl (C=O) groups excluding carboxylic acids is 1. The maximum atomic E-state index is 12.1. The van der Waals surface area contributed by atoms with Crippen LogP contribution in [0.5, 0.6) is 0 Å². The van der Waals surface area contributed by atoms with Gasteiger partial charge in [0.25, 0.3) is 0 Å². The zero-order chi connectivity index (χ0) is 13.3. The average Bonchev–Trinajstić information content (AvgIpc) is 2.41. The summed E-state index contributed by atoms with van der Waals surface area (Å²) in [6.45, 7) is 12.5. The molecule has 5 heteroatoms. The van der Waals surface area contributed by atoms with Crippen molar-refractivity contribution in [3.8, 4) is 0 Å². The van der Waals surface area contributed by atoms with E-state index in [9.17, 15) is 4.79 Å². The van der Waals surface area contributed by atoms with Crippen LogP contribution in [0.1, 0.15) is 48.0 Å². The topological polar surface area (TPSA) is 38.8 Å². The van der Waals surface area contributed by atoms with E-state index in [1.165, 1.54) is 0 Å². The zero-order valence-corrected chi connectivity index (χ0v) is 12.4. The number of ether oxygens (including phenoxy) is 1. The predicted molar refractivity (Wildman–Crippen MR) is 69.5 cm³/mol. The Labute approximate surface area is 108 Å². The third kappa shape index (κ3) is 4.07. The van der Waals surface area contributed by atoms with Crippen molar-refractivity contribution >= 4 is 18.3 Å². The minimum absolute atomic E-state index is 0.277. The Morgan fingerprint density at radius 1 is 1.53 bits per heavy atom. The van der Waals surface area contributed by atoms with Crippen LogP contribution in [0, 0.1) is 5.92 Å². The SMILES string of the molecule is CC(C)CC1(C)COSN1C(=O)OC(C)(C)C. The predicted octanol–water partition coefficient (Wildman–Crippen LogP) is 3.62. The lowest BCUT2D eigenvalue weighted by molar-refractivity contribution is 0.0257. The third-order valence-electron chi connectivity index (χ3n) is 2.39. The van der Waals surface area contributed by atoms with Crippen LogP contribution in [0.3, 0.4) is 0 Å². The molecule has 1 unspecified atom stereocenters. The van der Waals surface area contributed by atoms with Gasteiger partial charge in [0.05, 0.1) is 12.1 Å². The molecule has 0 spiro atoms. The van der Waals surface area contributed by atoms with E-state index in [2.05, 4.69) is 13.8 Å².